The van der Waals surface area contributed by atoms with E-state index in [-0.39, 0.29) is 23.8 Å². The summed E-state index contributed by atoms with van der Waals surface area (Å²) in [7, 11) is 0. The summed E-state index contributed by atoms with van der Waals surface area (Å²) in [5.74, 6) is -1.26. The predicted molar refractivity (Wildman–Crippen MR) is 103 cm³/mol. The van der Waals surface area contributed by atoms with Crippen LogP contribution in [0.25, 0.3) is 0 Å². The zero-order valence-electron chi connectivity index (χ0n) is 16.2. The Morgan fingerprint density at radius 3 is 2.32 bits per heavy atom. The molecule has 0 radical (unpaired) electrons. The number of nitrogens with zero attached hydrogens (tertiary/aromatic N) is 1. The second kappa shape index (κ2) is 9.19. The second-order valence-corrected chi connectivity index (χ2v) is 7.51. The molecule has 7 heteroatoms. The standard InChI is InChI=1S/C21H28N2O5/c1-2-16(14-6-4-3-5-7-14)20(25)23-12-10-15(11-13-23)22-19(24)17-8-9-18(28-17)21(26)27/h3-7,15-18H,2,8-13H2,1H3,(H,22,24)(H,26,27)/t16?,17-,18+/m0/s1. The van der Waals surface area contributed by atoms with E-state index < -0.39 is 18.2 Å². The molecule has 2 aliphatic heterocycles. The number of likely N-dealkylation sites (tertiary alicyclic amines) is 1. The van der Waals surface area contributed by atoms with Gasteiger partial charge >= 0.3 is 5.97 Å². The van der Waals surface area contributed by atoms with Crippen molar-refractivity contribution in [3.63, 3.8) is 0 Å². The lowest BCUT2D eigenvalue weighted by molar-refractivity contribution is -0.152. The third kappa shape index (κ3) is 4.70. The van der Waals surface area contributed by atoms with Crippen molar-refractivity contribution in [1.82, 2.24) is 10.2 Å². The first-order valence-corrected chi connectivity index (χ1v) is 10.0. The smallest absolute Gasteiger partial charge is 0.332 e. The Morgan fingerprint density at radius 2 is 1.75 bits per heavy atom. The molecule has 1 aromatic rings. The van der Waals surface area contributed by atoms with Crippen molar-refractivity contribution in [1.29, 1.82) is 0 Å². The minimum Gasteiger partial charge on any atom is -0.479 e. The molecule has 2 N–H and O–H groups in total. The van der Waals surface area contributed by atoms with Crippen LogP contribution in [0.4, 0.5) is 0 Å². The molecule has 0 bridgehead atoms. The van der Waals surface area contributed by atoms with Crippen LogP contribution in [0.5, 0.6) is 0 Å². The highest BCUT2D eigenvalue weighted by atomic mass is 16.5. The molecular formula is C21H28N2O5. The van der Waals surface area contributed by atoms with E-state index in [4.69, 9.17) is 9.84 Å². The van der Waals surface area contributed by atoms with Crippen LogP contribution in [-0.4, -0.2) is 59.1 Å². The van der Waals surface area contributed by atoms with E-state index >= 15 is 0 Å². The molecule has 152 valence electrons. The number of hydrogen-bond acceptors (Lipinski definition) is 4. The number of ether oxygens (including phenoxy) is 1. The highest BCUT2D eigenvalue weighted by molar-refractivity contribution is 5.84. The lowest BCUT2D eigenvalue weighted by Gasteiger charge is -2.35. The first-order chi connectivity index (χ1) is 13.5. The summed E-state index contributed by atoms with van der Waals surface area (Å²) in [6.07, 6.45) is 1.34. The number of benzene rings is 1. The fraction of sp³-hybridized carbons (Fsp3) is 0.571. The molecule has 2 fully saturated rings. The molecule has 2 heterocycles. The number of hydrogen-bond donors (Lipinski definition) is 2. The van der Waals surface area contributed by atoms with Crippen molar-refractivity contribution >= 4 is 17.8 Å². The minimum absolute atomic E-state index is 0.0131. The van der Waals surface area contributed by atoms with Gasteiger partial charge in [-0.05, 0) is 37.7 Å². The first-order valence-electron chi connectivity index (χ1n) is 10.0. The zero-order valence-corrected chi connectivity index (χ0v) is 16.2. The van der Waals surface area contributed by atoms with Crippen LogP contribution in [0.2, 0.25) is 0 Å². The molecule has 1 aromatic carbocycles. The van der Waals surface area contributed by atoms with Crippen molar-refractivity contribution in [2.45, 2.75) is 63.2 Å². The molecule has 28 heavy (non-hydrogen) atoms. The summed E-state index contributed by atoms with van der Waals surface area (Å²) >= 11 is 0. The Bertz CT molecular complexity index is 700. The molecule has 0 saturated carbocycles. The highest BCUT2D eigenvalue weighted by Gasteiger charge is 2.36. The molecule has 2 amide bonds. The summed E-state index contributed by atoms with van der Waals surface area (Å²) in [5.41, 5.74) is 1.04. The molecular weight excluding hydrogens is 360 g/mol. The van der Waals surface area contributed by atoms with Crippen molar-refractivity contribution in [2.75, 3.05) is 13.1 Å². The summed E-state index contributed by atoms with van der Waals surface area (Å²) < 4.78 is 5.30. The number of nitrogens with one attached hydrogen (secondary N) is 1. The molecule has 3 atom stereocenters. The van der Waals surface area contributed by atoms with Crippen LogP contribution in [0.15, 0.2) is 30.3 Å². The van der Waals surface area contributed by atoms with Gasteiger partial charge in [0.05, 0.1) is 5.92 Å². The summed E-state index contributed by atoms with van der Waals surface area (Å²) in [4.78, 5) is 38.1. The van der Waals surface area contributed by atoms with Gasteiger partial charge in [-0.2, -0.15) is 0 Å². The fourth-order valence-electron chi connectivity index (χ4n) is 4.01. The third-order valence-corrected chi connectivity index (χ3v) is 5.65. The number of amides is 2. The topological polar surface area (TPSA) is 95.9 Å². The van der Waals surface area contributed by atoms with Gasteiger partial charge in [0, 0.05) is 19.1 Å². The summed E-state index contributed by atoms with van der Waals surface area (Å²) in [5, 5.41) is 11.9. The van der Waals surface area contributed by atoms with E-state index in [0.717, 1.165) is 12.0 Å². The van der Waals surface area contributed by atoms with Gasteiger partial charge in [0.1, 0.15) is 6.10 Å². The molecule has 3 rings (SSSR count). The molecule has 0 spiro atoms. The maximum absolute atomic E-state index is 12.9. The summed E-state index contributed by atoms with van der Waals surface area (Å²) in [6, 6.07) is 9.82. The lowest BCUT2D eigenvalue weighted by atomic mass is 9.93. The van der Waals surface area contributed by atoms with Gasteiger partial charge in [0.15, 0.2) is 6.10 Å². The van der Waals surface area contributed by atoms with Crippen LogP contribution in [0, 0.1) is 0 Å². The Morgan fingerprint density at radius 1 is 1.11 bits per heavy atom. The van der Waals surface area contributed by atoms with Gasteiger partial charge in [-0.1, -0.05) is 37.3 Å². The maximum atomic E-state index is 12.9. The van der Waals surface area contributed by atoms with E-state index in [9.17, 15) is 14.4 Å². The Labute approximate surface area is 165 Å². The van der Waals surface area contributed by atoms with E-state index in [1.54, 1.807) is 0 Å². The minimum atomic E-state index is -1.02. The van der Waals surface area contributed by atoms with E-state index in [1.165, 1.54) is 0 Å². The average molecular weight is 388 g/mol. The lowest BCUT2D eigenvalue weighted by Crippen LogP contribution is -2.49. The van der Waals surface area contributed by atoms with Gasteiger partial charge in [0.2, 0.25) is 11.8 Å². The molecule has 0 aliphatic carbocycles. The molecule has 1 unspecified atom stereocenters. The van der Waals surface area contributed by atoms with Crippen molar-refractivity contribution in [3.8, 4) is 0 Å². The van der Waals surface area contributed by atoms with Gasteiger partial charge in [0.25, 0.3) is 0 Å². The summed E-state index contributed by atoms with van der Waals surface area (Å²) in [6.45, 7) is 3.24. The van der Waals surface area contributed by atoms with Gasteiger partial charge in [-0.3, -0.25) is 9.59 Å². The number of carboxylic acid groups (broad SMARTS) is 1. The Kier molecular flexibility index (Phi) is 6.67. The Hall–Kier alpha value is -2.41. The van der Waals surface area contributed by atoms with Crippen molar-refractivity contribution in [3.05, 3.63) is 35.9 Å². The molecule has 2 aliphatic rings. The number of carboxylic acids is 1. The number of carbonyl (C=O) groups excluding carboxylic acids is 2. The third-order valence-electron chi connectivity index (χ3n) is 5.65. The Balaban J connectivity index is 1.48. The molecule has 0 aromatic heterocycles. The van der Waals surface area contributed by atoms with Crippen LogP contribution in [-0.2, 0) is 19.1 Å². The monoisotopic (exact) mass is 388 g/mol. The SMILES string of the molecule is CCC(C(=O)N1CCC(NC(=O)[C@@H]2CC[C@H](C(=O)O)O2)CC1)c1ccccc1. The molecule has 7 nitrogen and oxygen atoms in total. The van der Waals surface area contributed by atoms with E-state index in [0.29, 0.717) is 38.8 Å². The van der Waals surface area contributed by atoms with Crippen LogP contribution in [0.3, 0.4) is 0 Å². The number of rotatable bonds is 6. The average Bonchev–Trinajstić information content (AvgIpc) is 3.21. The van der Waals surface area contributed by atoms with Crippen LogP contribution >= 0.6 is 0 Å². The number of piperidine rings is 1. The fourth-order valence-corrected chi connectivity index (χ4v) is 4.01. The zero-order chi connectivity index (χ0) is 20.1. The maximum Gasteiger partial charge on any atom is 0.332 e. The van der Waals surface area contributed by atoms with Gasteiger partial charge in [-0.15, -0.1) is 0 Å². The predicted octanol–water partition coefficient (Wildman–Crippen LogP) is 1.92. The van der Waals surface area contributed by atoms with E-state index in [1.807, 2.05) is 42.2 Å². The molecule has 2 saturated heterocycles. The van der Waals surface area contributed by atoms with Crippen molar-refractivity contribution < 1.29 is 24.2 Å². The van der Waals surface area contributed by atoms with Gasteiger partial charge in [-0.25, -0.2) is 4.79 Å². The van der Waals surface area contributed by atoms with E-state index in [2.05, 4.69) is 5.32 Å². The highest BCUT2D eigenvalue weighted by Crippen LogP contribution is 2.25. The number of carbonyl (C=O) groups is 3. The van der Waals surface area contributed by atoms with Crippen LogP contribution in [0.1, 0.15) is 50.5 Å². The van der Waals surface area contributed by atoms with Gasteiger partial charge < -0.3 is 20.1 Å². The largest absolute Gasteiger partial charge is 0.479 e. The number of aliphatic carboxylic acids is 1. The van der Waals surface area contributed by atoms with Crippen LogP contribution < -0.4 is 5.32 Å². The normalized spacial score (nSPS) is 24.0. The second-order valence-electron chi connectivity index (χ2n) is 7.51. The quantitative estimate of drug-likeness (QED) is 0.776. The first kappa shape index (κ1) is 20.3. The van der Waals surface area contributed by atoms with Crippen molar-refractivity contribution in [2.24, 2.45) is 0 Å².